The number of nitrogens with zero attached hydrogens (tertiary/aromatic N) is 2. The van der Waals surface area contributed by atoms with Gasteiger partial charge in [0.05, 0.1) is 26.4 Å². The Kier molecular flexibility index (Phi) is 9.14. The summed E-state index contributed by atoms with van der Waals surface area (Å²) < 4.78 is 10.3. The molecule has 0 saturated carbocycles. The van der Waals surface area contributed by atoms with Gasteiger partial charge in [-0.15, -0.1) is 0 Å². The van der Waals surface area contributed by atoms with E-state index in [2.05, 4.69) is 10.2 Å². The lowest BCUT2D eigenvalue weighted by Gasteiger charge is -2.04. The van der Waals surface area contributed by atoms with Gasteiger partial charge in [0.2, 0.25) is 5.91 Å². The molecule has 7 heteroatoms. The molecule has 0 bridgehead atoms. The van der Waals surface area contributed by atoms with Crippen molar-refractivity contribution >= 4 is 5.91 Å². The number of nitrogens with two attached hydrogens (primary N) is 2. The highest BCUT2D eigenvalue weighted by Crippen LogP contribution is 1.95. The lowest BCUT2D eigenvalue weighted by molar-refractivity contribution is -0.119. The molecule has 0 unspecified atom stereocenters. The van der Waals surface area contributed by atoms with E-state index < -0.39 is 0 Å². The topological polar surface area (TPSA) is 112 Å². The van der Waals surface area contributed by atoms with Gasteiger partial charge in [-0.05, 0) is 0 Å². The van der Waals surface area contributed by atoms with E-state index in [-0.39, 0.29) is 18.9 Å². The minimum absolute atomic E-state index is 0.220. The second-order valence-electron chi connectivity index (χ2n) is 2.84. The fraction of sp³-hybridized carbons (Fsp3) is 0.667. The third-order valence-corrected chi connectivity index (χ3v) is 1.54. The summed E-state index contributed by atoms with van der Waals surface area (Å²) in [7, 11) is 1.55. The number of hydrogen-bond donors (Lipinski definition) is 2. The van der Waals surface area contributed by atoms with Crippen LogP contribution in [0.4, 0.5) is 0 Å². The predicted octanol–water partition coefficient (Wildman–Crippen LogP) is -0.223. The first kappa shape index (κ1) is 14.5. The summed E-state index contributed by atoms with van der Waals surface area (Å²) in [6.07, 6.45) is 1.55. The molecule has 0 heterocycles. The van der Waals surface area contributed by atoms with Crippen molar-refractivity contribution < 1.29 is 14.3 Å². The van der Waals surface area contributed by atoms with Gasteiger partial charge in [-0.3, -0.25) is 4.79 Å². The molecular formula is C9H18N4O3. The average molecular weight is 230 g/mol. The molecule has 0 radical (unpaired) electrons. The standard InChI is InChI=1S/C9H18N4O3/c1-12-13-8(6-10)7-16-5-4-15-3-2-9(11)14/h6H,2-5,7,10H2,1H3,(H2,11,14)/b8-6-,13-12-. The quantitative estimate of drug-likeness (QED) is 0.421. The largest absolute Gasteiger partial charge is 0.403 e. The molecule has 92 valence electrons. The number of carbonyl (C=O) groups is 1. The first-order valence-corrected chi connectivity index (χ1v) is 4.85. The zero-order valence-electron chi connectivity index (χ0n) is 9.39. The van der Waals surface area contributed by atoms with Gasteiger partial charge in [0, 0.05) is 19.7 Å². The van der Waals surface area contributed by atoms with E-state index in [1.54, 1.807) is 7.05 Å². The van der Waals surface area contributed by atoms with Crippen LogP contribution in [0.25, 0.3) is 0 Å². The Hall–Kier alpha value is -1.47. The first-order chi connectivity index (χ1) is 7.70. The third kappa shape index (κ3) is 9.10. The monoisotopic (exact) mass is 230 g/mol. The lowest BCUT2D eigenvalue weighted by atomic mass is 10.4. The number of rotatable bonds is 9. The maximum atomic E-state index is 10.4. The number of hydrogen-bond acceptors (Lipinski definition) is 6. The third-order valence-electron chi connectivity index (χ3n) is 1.54. The predicted molar refractivity (Wildman–Crippen MR) is 58.5 cm³/mol. The number of ether oxygens (including phenoxy) is 2. The summed E-state index contributed by atoms with van der Waals surface area (Å²) in [5.41, 5.74) is 10.8. The van der Waals surface area contributed by atoms with Gasteiger partial charge < -0.3 is 20.9 Å². The molecule has 0 rings (SSSR count). The Morgan fingerprint density at radius 1 is 1.31 bits per heavy atom. The van der Waals surface area contributed by atoms with Crippen LogP contribution in [0, 0.1) is 0 Å². The van der Waals surface area contributed by atoms with E-state index >= 15 is 0 Å². The van der Waals surface area contributed by atoms with Gasteiger partial charge in [-0.2, -0.15) is 10.2 Å². The number of primary amides is 1. The SMILES string of the molecule is C/N=N\C(=C/N)COCCOCCC(N)=O. The molecule has 0 aromatic carbocycles. The highest BCUT2D eigenvalue weighted by molar-refractivity contribution is 5.73. The molecule has 0 spiro atoms. The Morgan fingerprint density at radius 3 is 2.56 bits per heavy atom. The van der Waals surface area contributed by atoms with Crippen molar-refractivity contribution in [1.29, 1.82) is 0 Å². The van der Waals surface area contributed by atoms with E-state index in [1.165, 1.54) is 6.20 Å². The molecular weight excluding hydrogens is 212 g/mol. The fourth-order valence-corrected chi connectivity index (χ4v) is 0.808. The van der Waals surface area contributed by atoms with Crippen molar-refractivity contribution in [2.45, 2.75) is 6.42 Å². The van der Waals surface area contributed by atoms with Gasteiger partial charge >= 0.3 is 0 Å². The average Bonchev–Trinajstić information content (AvgIpc) is 2.26. The Labute approximate surface area is 94.5 Å². The molecule has 0 aromatic rings. The smallest absolute Gasteiger partial charge is 0.219 e. The van der Waals surface area contributed by atoms with Crippen LogP contribution in [0.5, 0.6) is 0 Å². The first-order valence-electron chi connectivity index (χ1n) is 4.85. The van der Waals surface area contributed by atoms with Crippen molar-refractivity contribution in [3.8, 4) is 0 Å². The molecule has 16 heavy (non-hydrogen) atoms. The van der Waals surface area contributed by atoms with Crippen molar-refractivity contribution in [2.24, 2.45) is 21.7 Å². The van der Waals surface area contributed by atoms with E-state index in [0.29, 0.717) is 25.5 Å². The number of amides is 1. The molecule has 0 aliphatic carbocycles. The number of azo groups is 1. The molecule has 7 nitrogen and oxygen atoms in total. The minimum Gasteiger partial charge on any atom is -0.403 e. The highest BCUT2D eigenvalue weighted by Gasteiger charge is 1.96. The van der Waals surface area contributed by atoms with E-state index in [1.807, 2.05) is 0 Å². The second-order valence-corrected chi connectivity index (χ2v) is 2.84. The molecule has 0 saturated heterocycles. The zero-order valence-corrected chi connectivity index (χ0v) is 9.39. The summed E-state index contributed by atoms with van der Waals surface area (Å²) in [4.78, 5) is 10.4. The van der Waals surface area contributed by atoms with Gasteiger partial charge in [0.25, 0.3) is 0 Å². The Bertz CT molecular complexity index is 253. The molecule has 0 aliphatic rings. The molecule has 0 aromatic heterocycles. The van der Waals surface area contributed by atoms with Gasteiger partial charge in [-0.25, -0.2) is 0 Å². The van der Waals surface area contributed by atoms with Gasteiger partial charge in [-0.1, -0.05) is 0 Å². The molecule has 0 atom stereocenters. The minimum atomic E-state index is -0.377. The van der Waals surface area contributed by atoms with Crippen LogP contribution in [0.3, 0.4) is 0 Å². The second kappa shape index (κ2) is 10.1. The van der Waals surface area contributed by atoms with Crippen LogP contribution >= 0.6 is 0 Å². The Balaban J connectivity index is 3.36. The van der Waals surface area contributed by atoms with Crippen LogP contribution in [-0.2, 0) is 14.3 Å². The highest BCUT2D eigenvalue weighted by atomic mass is 16.5. The molecule has 0 aliphatic heterocycles. The van der Waals surface area contributed by atoms with Crippen molar-refractivity contribution in [3.63, 3.8) is 0 Å². The maximum Gasteiger partial charge on any atom is 0.219 e. The fourth-order valence-electron chi connectivity index (χ4n) is 0.808. The van der Waals surface area contributed by atoms with Crippen LogP contribution in [0.15, 0.2) is 22.1 Å². The lowest BCUT2D eigenvalue weighted by Crippen LogP contribution is -2.15. The van der Waals surface area contributed by atoms with Crippen molar-refractivity contribution in [1.82, 2.24) is 0 Å². The van der Waals surface area contributed by atoms with Crippen LogP contribution in [0.1, 0.15) is 6.42 Å². The van der Waals surface area contributed by atoms with Crippen molar-refractivity contribution in [2.75, 3.05) is 33.5 Å². The summed E-state index contributed by atoms with van der Waals surface area (Å²) in [5.74, 6) is -0.377. The van der Waals surface area contributed by atoms with Gasteiger partial charge in [0.1, 0.15) is 5.70 Å². The summed E-state index contributed by atoms with van der Waals surface area (Å²) in [5, 5.41) is 7.30. The van der Waals surface area contributed by atoms with Gasteiger partial charge in [0.15, 0.2) is 0 Å². The normalized spacial score (nSPS) is 12.2. The molecule has 0 fully saturated rings. The summed E-state index contributed by atoms with van der Waals surface area (Å²) >= 11 is 0. The van der Waals surface area contributed by atoms with Crippen LogP contribution < -0.4 is 11.5 Å². The number of carbonyl (C=O) groups excluding carboxylic acids is 1. The van der Waals surface area contributed by atoms with Crippen molar-refractivity contribution in [3.05, 3.63) is 11.9 Å². The molecule has 1 amide bonds. The van der Waals surface area contributed by atoms with Crippen LogP contribution in [-0.4, -0.2) is 39.4 Å². The summed E-state index contributed by atoms with van der Waals surface area (Å²) in [6, 6.07) is 0. The molecule has 4 N–H and O–H groups in total. The van der Waals surface area contributed by atoms with E-state index in [4.69, 9.17) is 20.9 Å². The zero-order chi connectivity index (χ0) is 12.2. The van der Waals surface area contributed by atoms with E-state index in [0.717, 1.165) is 0 Å². The van der Waals surface area contributed by atoms with E-state index in [9.17, 15) is 4.79 Å². The Morgan fingerprint density at radius 2 is 2.00 bits per heavy atom. The maximum absolute atomic E-state index is 10.4. The van der Waals surface area contributed by atoms with Crippen LogP contribution in [0.2, 0.25) is 0 Å². The summed E-state index contributed by atoms with van der Waals surface area (Å²) in [6.45, 7) is 1.39.